The van der Waals surface area contributed by atoms with E-state index in [4.69, 9.17) is 9.47 Å². The summed E-state index contributed by atoms with van der Waals surface area (Å²) in [5, 5.41) is 3.43. The van der Waals surface area contributed by atoms with Crippen molar-refractivity contribution in [3.8, 4) is 0 Å². The summed E-state index contributed by atoms with van der Waals surface area (Å²) in [6, 6.07) is 0.201. The molecular weight excluding hydrogens is 232 g/mol. The molecule has 104 valence electrons. The van der Waals surface area contributed by atoms with E-state index in [9.17, 15) is 4.79 Å². The number of ether oxygens (including phenoxy) is 2. The van der Waals surface area contributed by atoms with Crippen LogP contribution in [-0.4, -0.2) is 54.5 Å². The molecule has 2 rings (SSSR count). The highest BCUT2D eigenvalue weighted by atomic mass is 16.6. The van der Waals surface area contributed by atoms with Crippen LogP contribution in [0.1, 0.15) is 34.1 Å². The van der Waals surface area contributed by atoms with Crippen LogP contribution < -0.4 is 5.32 Å². The van der Waals surface area contributed by atoms with Gasteiger partial charge in [-0.15, -0.1) is 0 Å². The molecule has 0 aromatic carbocycles. The number of nitrogens with one attached hydrogen (secondary N) is 1. The van der Waals surface area contributed by atoms with Crippen LogP contribution in [0, 0.1) is 0 Å². The van der Waals surface area contributed by atoms with E-state index >= 15 is 0 Å². The Morgan fingerprint density at radius 2 is 2.22 bits per heavy atom. The summed E-state index contributed by atoms with van der Waals surface area (Å²) in [4.78, 5) is 13.8. The molecule has 0 aromatic heterocycles. The minimum atomic E-state index is -0.436. The Balaban J connectivity index is 1.96. The van der Waals surface area contributed by atoms with Crippen molar-refractivity contribution in [2.45, 2.75) is 51.4 Å². The molecule has 0 aliphatic carbocycles. The Bertz CT molecular complexity index is 327. The minimum absolute atomic E-state index is 0.142. The molecule has 0 spiro atoms. The van der Waals surface area contributed by atoms with Crippen molar-refractivity contribution in [3.05, 3.63) is 0 Å². The number of amides is 1. The number of fused-ring (bicyclic) bond motifs is 1. The molecule has 2 saturated heterocycles. The van der Waals surface area contributed by atoms with Gasteiger partial charge in [0.1, 0.15) is 5.60 Å². The van der Waals surface area contributed by atoms with Crippen molar-refractivity contribution in [1.82, 2.24) is 10.2 Å². The third-order valence-electron chi connectivity index (χ3n) is 3.59. The van der Waals surface area contributed by atoms with Crippen LogP contribution in [0.15, 0.2) is 0 Å². The van der Waals surface area contributed by atoms with Crippen molar-refractivity contribution < 1.29 is 14.3 Å². The fourth-order valence-corrected chi connectivity index (χ4v) is 2.50. The first-order valence-corrected chi connectivity index (χ1v) is 6.65. The fraction of sp³-hybridized carbons (Fsp3) is 0.923. The largest absolute Gasteiger partial charge is 0.444 e. The van der Waals surface area contributed by atoms with E-state index in [-0.39, 0.29) is 17.7 Å². The molecule has 0 radical (unpaired) electrons. The Labute approximate surface area is 109 Å². The molecule has 0 bridgehead atoms. The van der Waals surface area contributed by atoms with Gasteiger partial charge in [0, 0.05) is 19.6 Å². The number of likely N-dealkylation sites (tertiary alicyclic amines) is 1. The number of rotatable bonds is 0. The third-order valence-corrected chi connectivity index (χ3v) is 3.59. The highest BCUT2D eigenvalue weighted by Gasteiger charge is 2.43. The molecule has 2 fully saturated rings. The number of nitrogens with zero attached hydrogens (tertiary/aromatic N) is 1. The van der Waals surface area contributed by atoms with Gasteiger partial charge in [0.25, 0.3) is 0 Å². The summed E-state index contributed by atoms with van der Waals surface area (Å²) < 4.78 is 11.3. The molecule has 5 heteroatoms. The molecule has 18 heavy (non-hydrogen) atoms. The maximum atomic E-state index is 12.0. The zero-order valence-electron chi connectivity index (χ0n) is 11.8. The van der Waals surface area contributed by atoms with Gasteiger partial charge in [-0.25, -0.2) is 4.79 Å². The molecular formula is C13H24N2O3. The summed E-state index contributed by atoms with van der Waals surface area (Å²) in [6.07, 6.45) is 0.626. The Morgan fingerprint density at radius 3 is 2.89 bits per heavy atom. The lowest BCUT2D eigenvalue weighted by Gasteiger charge is -2.48. The van der Waals surface area contributed by atoms with E-state index in [1.807, 2.05) is 20.8 Å². The van der Waals surface area contributed by atoms with Crippen molar-refractivity contribution in [3.63, 3.8) is 0 Å². The van der Waals surface area contributed by atoms with Gasteiger partial charge in [-0.1, -0.05) is 0 Å². The van der Waals surface area contributed by atoms with Gasteiger partial charge < -0.3 is 19.7 Å². The van der Waals surface area contributed by atoms with E-state index < -0.39 is 5.60 Å². The zero-order chi connectivity index (χ0) is 13.4. The number of hydrogen-bond donors (Lipinski definition) is 1. The summed E-state index contributed by atoms with van der Waals surface area (Å²) in [5.41, 5.74) is -0.578. The Morgan fingerprint density at radius 1 is 1.50 bits per heavy atom. The summed E-state index contributed by atoms with van der Waals surface area (Å²) in [5.74, 6) is 0. The van der Waals surface area contributed by atoms with Crippen LogP contribution >= 0.6 is 0 Å². The Hall–Kier alpha value is -0.810. The highest BCUT2D eigenvalue weighted by molar-refractivity contribution is 5.68. The van der Waals surface area contributed by atoms with Crippen LogP contribution in [0.25, 0.3) is 0 Å². The lowest BCUT2D eigenvalue weighted by Crippen LogP contribution is -2.65. The topological polar surface area (TPSA) is 50.8 Å². The lowest BCUT2D eigenvalue weighted by molar-refractivity contribution is -0.115. The molecule has 2 unspecified atom stereocenters. The van der Waals surface area contributed by atoms with Crippen molar-refractivity contribution >= 4 is 6.09 Å². The summed E-state index contributed by atoms with van der Waals surface area (Å²) in [7, 11) is 0. The first-order valence-electron chi connectivity index (χ1n) is 6.65. The predicted octanol–water partition coefficient (Wildman–Crippen LogP) is 1.37. The molecule has 2 heterocycles. The molecule has 2 atom stereocenters. The van der Waals surface area contributed by atoms with Gasteiger partial charge in [0.15, 0.2) is 0 Å². The van der Waals surface area contributed by atoms with Crippen LogP contribution in [0.2, 0.25) is 0 Å². The van der Waals surface area contributed by atoms with E-state index in [0.29, 0.717) is 13.1 Å². The van der Waals surface area contributed by atoms with Gasteiger partial charge in [0.05, 0.1) is 18.2 Å². The second-order valence-corrected chi connectivity index (χ2v) is 6.34. The van der Waals surface area contributed by atoms with E-state index in [1.165, 1.54) is 0 Å². The summed E-state index contributed by atoms with van der Waals surface area (Å²) in [6.45, 7) is 10.7. The standard InChI is InChI=1S/C13H24N2O3/c1-12(2,3)18-11(16)15-7-5-13(4)10(9-15)14-6-8-17-13/h10,14H,5-9H2,1-4H3. The Kier molecular flexibility index (Phi) is 3.56. The van der Waals surface area contributed by atoms with Gasteiger partial charge in [-0.2, -0.15) is 0 Å². The van der Waals surface area contributed by atoms with Crippen molar-refractivity contribution in [2.75, 3.05) is 26.2 Å². The van der Waals surface area contributed by atoms with Gasteiger partial charge >= 0.3 is 6.09 Å². The maximum absolute atomic E-state index is 12.0. The number of carbonyl (C=O) groups is 1. The normalized spacial score (nSPS) is 32.9. The van der Waals surface area contributed by atoms with Crippen LogP contribution in [-0.2, 0) is 9.47 Å². The van der Waals surface area contributed by atoms with Crippen LogP contribution in [0.4, 0.5) is 4.79 Å². The molecule has 0 aromatic rings. The first kappa shape index (κ1) is 13.6. The molecule has 0 saturated carbocycles. The number of carbonyl (C=O) groups excluding carboxylic acids is 1. The van der Waals surface area contributed by atoms with Crippen LogP contribution in [0.3, 0.4) is 0 Å². The number of piperidine rings is 1. The molecule has 1 amide bonds. The molecule has 1 N–H and O–H groups in total. The van der Waals surface area contributed by atoms with Crippen molar-refractivity contribution in [1.29, 1.82) is 0 Å². The lowest BCUT2D eigenvalue weighted by atomic mass is 9.87. The van der Waals surface area contributed by atoms with E-state index in [1.54, 1.807) is 4.90 Å². The summed E-state index contributed by atoms with van der Waals surface area (Å²) >= 11 is 0. The van der Waals surface area contributed by atoms with Crippen molar-refractivity contribution in [2.24, 2.45) is 0 Å². The molecule has 2 aliphatic rings. The maximum Gasteiger partial charge on any atom is 0.410 e. The monoisotopic (exact) mass is 256 g/mol. The average molecular weight is 256 g/mol. The third kappa shape index (κ3) is 2.95. The van der Waals surface area contributed by atoms with E-state index in [2.05, 4.69) is 12.2 Å². The quantitative estimate of drug-likeness (QED) is 0.711. The SMILES string of the molecule is CC(C)(C)OC(=O)N1CCC2(C)OCCNC2C1. The number of morpholine rings is 1. The zero-order valence-corrected chi connectivity index (χ0v) is 11.8. The molecule has 5 nitrogen and oxygen atoms in total. The van der Waals surface area contributed by atoms with E-state index in [0.717, 1.165) is 19.6 Å². The molecule has 2 aliphatic heterocycles. The highest BCUT2D eigenvalue weighted by Crippen LogP contribution is 2.29. The van der Waals surface area contributed by atoms with Gasteiger partial charge in [-0.3, -0.25) is 0 Å². The minimum Gasteiger partial charge on any atom is -0.444 e. The second kappa shape index (κ2) is 4.70. The second-order valence-electron chi connectivity index (χ2n) is 6.34. The van der Waals surface area contributed by atoms with Gasteiger partial charge in [0.2, 0.25) is 0 Å². The predicted molar refractivity (Wildman–Crippen MR) is 68.6 cm³/mol. The van der Waals surface area contributed by atoms with Crippen LogP contribution in [0.5, 0.6) is 0 Å². The average Bonchev–Trinajstić information content (AvgIpc) is 2.25. The number of hydrogen-bond acceptors (Lipinski definition) is 4. The fourth-order valence-electron chi connectivity index (χ4n) is 2.50. The smallest absolute Gasteiger partial charge is 0.410 e. The first-order chi connectivity index (χ1) is 8.30. The van der Waals surface area contributed by atoms with Gasteiger partial charge in [-0.05, 0) is 34.1 Å².